The Labute approximate surface area is 121 Å². The van der Waals surface area contributed by atoms with Gasteiger partial charge in [-0.25, -0.2) is 0 Å². The maximum Gasteiger partial charge on any atom is 0.0468 e. The van der Waals surface area contributed by atoms with E-state index in [0.717, 1.165) is 6.42 Å². The highest BCUT2D eigenvalue weighted by molar-refractivity contribution is 5.41. The summed E-state index contributed by atoms with van der Waals surface area (Å²) in [4.78, 5) is 0. The van der Waals surface area contributed by atoms with Crippen LogP contribution in [0.15, 0.2) is 42.5 Å². The minimum absolute atomic E-state index is 0.230. The van der Waals surface area contributed by atoms with Crippen LogP contribution < -0.4 is 11.3 Å². The van der Waals surface area contributed by atoms with E-state index in [9.17, 15) is 0 Å². The molecule has 0 saturated carbocycles. The summed E-state index contributed by atoms with van der Waals surface area (Å²) in [6, 6.07) is 15.4. The van der Waals surface area contributed by atoms with Gasteiger partial charge in [0.2, 0.25) is 0 Å². The highest BCUT2D eigenvalue weighted by Gasteiger charge is 2.28. The van der Waals surface area contributed by atoms with E-state index in [0.29, 0.717) is 5.92 Å². The molecule has 2 aromatic rings. The number of aryl methyl sites for hydroxylation is 1. The quantitative estimate of drug-likeness (QED) is 0.656. The third-order valence-corrected chi connectivity index (χ3v) is 4.70. The summed E-state index contributed by atoms with van der Waals surface area (Å²) in [5, 5.41) is 0. The van der Waals surface area contributed by atoms with Crippen LogP contribution >= 0.6 is 0 Å². The highest BCUT2D eigenvalue weighted by Crippen LogP contribution is 2.41. The fourth-order valence-electron chi connectivity index (χ4n) is 3.29. The van der Waals surface area contributed by atoms with Gasteiger partial charge < -0.3 is 0 Å². The molecule has 0 radical (unpaired) electrons. The van der Waals surface area contributed by atoms with E-state index in [1.807, 2.05) is 0 Å². The normalized spacial score (nSPS) is 18.2. The molecule has 0 amide bonds. The van der Waals surface area contributed by atoms with E-state index in [1.54, 1.807) is 0 Å². The smallest absolute Gasteiger partial charge is 0.0468 e. The lowest BCUT2D eigenvalue weighted by Gasteiger charge is -2.33. The van der Waals surface area contributed by atoms with Crippen molar-refractivity contribution < 1.29 is 0 Å². The van der Waals surface area contributed by atoms with Crippen molar-refractivity contribution in [2.24, 2.45) is 5.84 Å². The molecule has 0 aromatic heterocycles. The molecule has 3 rings (SSSR count). The second-order valence-electron chi connectivity index (χ2n) is 5.84. The van der Waals surface area contributed by atoms with Crippen molar-refractivity contribution >= 4 is 0 Å². The standard InChI is InChI=1S/C18H22N2/c1-12-6-5-9-16(13(12)2)18(20-19)11-15-10-14-7-3-4-8-17(14)15/h3-9,15,18,20H,10-11,19H2,1-2H3. The lowest BCUT2D eigenvalue weighted by atomic mass is 9.73. The molecule has 0 saturated heterocycles. The molecule has 2 aromatic carbocycles. The van der Waals surface area contributed by atoms with Crippen LogP contribution in [0.5, 0.6) is 0 Å². The molecule has 0 bridgehead atoms. The predicted molar refractivity (Wildman–Crippen MR) is 83.5 cm³/mol. The molecule has 2 atom stereocenters. The average molecular weight is 266 g/mol. The lowest BCUT2D eigenvalue weighted by Crippen LogP contribution is -2.32. The SMILES string of the molecule is Cc1cccc(C(CC2Cc3ccccc32)NN)c1C. The van der Waals surface area contributed by atoms with Gasteiger partial charge in [-0.15, -0.1) is 0 Å². The Balaban J connectivity index is 1.81. The topological polar surface area (TPSA) is 38.0 Å². The summed E-state index contributed by atoms with van der Waals surface area (Å²) < 4.78 is 0. The molecule has 20 heavy (non-hydrogen) atoms. The second-order valence-corrected chi connectivity index (χ2v) is 5.84. The van der Waals surface area contributed by atoms with Crippen LogP contribution in [0.25, 0.3) is 0 Å². The molecule has 0 heterocycles. The molecular weight excluding hydrogens is 244 g/mol. The van der Waals surface area contributed by atoms with Crippen LogP contribution in [0, 0.1) is 13.8 Å². The number of hydrazine groups is 1. The van der Waals surface area contributed by atoms with Gasteiger partial charge in [0.25, 0.3) is 0 Å². The number of rotatable bonds is 4. The molecule has 0 aliphatic heterocycles. The van der Waals surface area contributed by atoms with Crippen molar-refractivity contribution in [1.29, 1.82) is 0 Å². The van der Waals surface area contributed by atoms with Gasteiger partial charge >= 0.3 is 0 Å². The van der Waals surface area contributed by atoms with E-state index >= 15 is 0 Å². The van der Waals surface area contributed by atoms with Gasteiger partial charge in [0.05, 0.1) is 0 Å². The van der Waals surface area contributed by atoms with Gasteiger partial charge in [-0.05, 0) is 60.4 Å². The number of hydrogen-bond donors (Lipinski definition) is 2. The maximum atomic E-state index is 5.82. The Morgan fingerprint density at radius 3 is 2.70 bits per heavy atom. The average Bonchev–Trinajstić information content (AvgIpc) is 2.44. The predicted octanol–water partition coefficient (Wildman–Crippen LogP) is 3.54. The molecule has 2 unspecified atom stereocenters. The van der Waals surface area contributed by atoms with Crippen LogP contribution in [-0.2, 0) is 6.42 Å². The molecule has 2 heteroatoms. The minimum atomic E-state index is 0.230. The first-order valence-electron chi connectivity index (χ1n) is 7.30. The molecule has 1 aliphatic carbocycles. The first-order chi connectivity index (χ1) is 9.70. The number of nitrogens with one attached hydrogen (secondary N) is 1. The van der Waals surface area contributed by atoms with Crippen LogP contribution in [0.3, 0.4) is 0 Å². The van der Waals surface area contributed by atoms with Gasteiger partial charge in [-0.2, -0.15) is 0 Å². The van der Waals surface area contributed by atoms with Gasteiger partial charge in [-0.1, -0.05) is 42.5 Å². The zero-order valence-electron chi connectivity index (χ0n) is 12.2. The Hall–Kier alpha value is -1.64. The fourth-order valence-corrected chi connectivity index (χ4v) is 3.29. The third-order valence-electron chi connectivity index (χ3n) is 4.70. The molecule has 0 spiro atoms. The second kappa shape index (κ2) is 5.39. The summed E-state index contributed by atoms with van der Waals surface area (Å²) >= 11 is 0. The highest BCUT2D eigenvalue weighted by atomic mass is 15.2. The first kappa shape index (κ1) is 13.3. The molecule has 1 aliphatic rings. The molecular formula is C18H22N2. The van der Waals surface area contributed by atoms with Crippen LogP contribution in [-0.4, -0.2) is 0 Å². The first-order valence-corrected chi connectivity index (χ1v) is 7.30. The van der Waals surface area contributed by atoms with E-state index in [2.05, 4.69) is 61.7 Å². The van der Waals surface area contributed by atoms with Gasteiger partial charge in [0.15, 0.2) is 0 Å². The van der Waals surface area contributed by atoms with Crippen LogP contribution in [0.4, 0.5) is 0 Å². The molecule has 2 nitrogen and oxygen atoms in total. The summed E-state index contributed by atoms with van der Waals surface area (Å²) in [6.45, 7) is 4.34. The van der Waals surface area contributed by atoms with E-state index in [1.165, 1.54) is 34.2 Å². The van der Waals surface area contributed by atoms with Gasteiger partial charge in [0.1, 0.15) is 0 Å². The summed E-state index contributed by atoms with van der Waals surface area (Å²) in [5.74, 6) is 6.45. The summed E-state index contributed by atoms with van der Waals surface area (Å²) in [7, 11) is 0. The van der Waals surface area contributed by atoms with Gasteiger partial charge in [-0.3, -0.25) is 11.3 Å². The number of hydrogen-bond acceptors (Lipinski definition) is 2. The molecule has 0 fully saturated rings. The fraction of sp³-hybridized carbons (Fsp3) is 0.333. The minimum Gasteiger partial charge on any atom is -0.271 e. The van der Waals surface area contributed by atoms with Crippen molar-refractivity contribution in [3.63, 3.8) is 0 Å². The zero-order valence-corrected chi connectivity index (χ0v) is 12.2. The molecule has 3 N–H and O–H groups in total. The summed E-state index contributed by atoms with van der Waals surface area (Å²) in [6.07, 6.45) is 2.25. The number of nitrogens with two attached hydrogens (primary N) is 1. The van der Waals surface area contributed by atoms with Crippen molar-refractivity contribution in [2.75, 3.05) is 0 Å². The van der Waals surface area contributed by atoms with Crippen LogP contribution in [0.2, 0.25) is 0 Å². The van der Waals surface area contributed by atoms with Crippen LogP contribution in [0.1, 0.15) is 46.2 Å². The summed E-state index contributed by atoms with van der Waals surface area (Å²) in [5.41, 5.74) is 10.0. The largest absolute Gasteiger partial charge is 0.271 e. The van der Waals surface area contributed by atoms with Crippen molar-refractivity contribution in [1.82, 2.24) is 5.43 Å². The van der Waals surface area contributed by atoms with Crippen molar-refractivity contribution in [3.8, 4) is 0 Å². The Morgan fingerprint density at radius 1 is 1.15 bits per heavy atom. The van der Waals surface area contributed by atoms with Crippen molar-refractivity contribution in [2.45, 2.75) is 38.6 Å². The monoisotopic (exact) mass is 266 g/mol. The van der Waals surface area contributed by atoms with E-state index < -0.39 is 0 Å². The third kappa shape index (κ3) is 2.26. The number of benzene rings is 2. The lowest BCUT2D eigenvalue weighted by molar-refractivity contribution is 0.434. The molecule has 104 valence electrons. The Morgan fingerprint density at radius 2 is 1.95 bits per heavy atom. The zero-order chi connectivity index (χ0) is 14.1. The van der Waals surface area contributed by atoms with Gasteiger partial charge in [0, 0.05) is 6.04 Å². The van der Waals surface area contributed by atoms with Crippen molar-refractivity contribution in [3.05, 3.63) is 70.3 Å². The van der Waals surface area contributed by atoms with E-state index in [-0.39, 0.29) is 6.04 Å². The Kier molecular flexibility index (Phi) is 3.60. The van der Waals surface area contributed by atoms with E-state index in [4.69, 9.17) is 5.84 Å². The number of fused-ring (bicyclic) bond motifs is 1. The maximum absolute atomic E-state index is 5.82. The Bertz CT molecular complexity index is 619.